The molecule has 2 aromatic rings. The molecule has 18 heavy (non-hydrogen) atoms. The van der Waals surface area contributed by atoms with Gasteiger partial charge in [0.2, 0.25) is 0 Å². The van der Waals surface area contributed by atoms with Crippen molar-refractivity contribution in [3.8, 4) is 0 Å². The summed E-state index contributed by atoms with van der Waals surface area (Å²) in [5.41, 5.74) is 1.07. The van der Waals surface area contributed by atoms with E-state index in [1.165, 1.54) is 17.0 Å². The predicted molar refractivity (Wildman–Crippen MR) is 78.7 cm³/mol. The largest absolute Gasteiger partial charge is 0.305 e. The van der Waals surface area contributed by atoms with Crippen LogP contribution in [0.3, 0.4) is 0 Å². The first-order valence-electron chi connectivity index (χ1n) is 5.49. The summed E-state index contributed by atoms with van der Waals surface area (Å²) in [6.45, 7) is 2.80. The van der Waals surface area contributed by atoms with E-state index < -0.39 is 0 Å². The molecule has 1 aromatic heterocycles. The maximum Gasteiger partial charge on any atom is 0.123 e. The van der Waals surface area contributed by atoms with E-state index in [1.807, 2.05) is 6.07 Å². The van der Waals surface area contributed by atoms with E-state index in [9.17, 15) is 4.39 Å². The fourth-order valence-corrected chi connectivity index (χ4v) is 3.34. The second-order valence-corrected chi connectivity index (χ2v) is 6.58. The highest BCUT2D eigenvalue weighted by Gasteiger charge is 2.08. The first kappa shape index (κ1) is 14.0. The van der Waals surface area contributed by atoms with Gasteiger partial charge in [0.1, 0.15) is 10.2 Å². The Hall–Kier alpha value is -0.420. The zero-order valence-electron chi connectivity index (χ0n) is 9.71. The van der Waals surface area contributed by atoms with Crippen molar-refractivity contribution in [3.05, 3.63) is 55.4 Å². The molecule has 0 radical (unpaired) electrons. The predicted octanol–water partition coefficient (Wildman–Crippen LogP) is 5.15. The van der Waals surface area contributed by atoms with Gasteiger partial charge in [-0.25, -0.2) is 4.39 Å². The summed E-state index contributed by atoms with van der Waals surface area (Å²) in [5, 5.41) is 3.38. The summed E-state index contributed by atoms with van der Waals surface area (Å²) in [5.74, 6) is -0.208. The summed E-state index contributed by atoms with van der Waals surface area (Å²) in [6.07, 6.45) is 0. The van der Waals surface area contributed by atoms with Gasteiger partial charge in [0.05, 0.1) is 0 Å². The van der Waals surface area contributed by atoms with Crippen LogP contribution < -0.4 is 5.32 Å². The molecule has 0 spiro atoms. The standard InChI is InChI=1S/C13H12BrClFNS/c1-8(9-2-4-10(16)5-3-9)17-7-11-6-12(14)13(15)18-11/h2-6,8,17H,7H2,1H3. The number of nitrogens with one attached hydrogen (secondary N) is 1. The van der Waals surface area contributed by atoms with Gasteiger partial charge in [0, 0.05) is 21.9 Å². The summed E-state index contributed by atoms with van der Waals surface area (Å²) in [7, 11) is 0. The van der Waals surface area contributed by atoms with Crippen LogP contribution in [0.1, 0.15) is 23.4 Å². The molecule has 1 N–H and O–H groups in total. The molecule has 0 saturated heterocycles. The minimum atomic E-state index is -0.208. The van der Waals surface area contributed by atoms with Crippen molar-refractivity contribution in [2.75, 3.05) is 0 Å². The van der Waals surface area contributed by atoms with Crippen molar-refractivity contribution in [2.24, 2.45) is 0 Å². The minimum absolute atomic E-state index is 0.172. The van der Waals surface area contributed by atoms with Gasteiger partial charge in [-0.1, -0.05) is 23.7 Å². The van der Waals surface area contributed by atoms with E-state index in [2.05, 4.69) is 28.2 Å². The van der Waals surface area contributed by atoms with Gasteiger partial charge >= 0.3 is 0 Å². The maximum atomic E-state index is 12.8. The van der Waals surface area contributed by atoms with Crippen molar-refractivity contribution in [3.63, 3.8) is 0 Å². The minimum Gasteiger partial charge on any atom is -0.305 e. The molecule has 0 aliphatic heterocycles. The number of thiophene rings is 1. The molecule has 0 saturated carbocycles. The number of hydrogen-bond donors (Lipinski definition) is 1. The van der Waals surface area contributed by atoms with Crippen LogP contribution >= 0.6 is 38.9 Å². The monoisotopic (exact) mass is 347 g/mol. The molecule has 0 aliphatic carbocycles. The molecule has 0 amide bonds. The lowest BCUT2D eigenvalue weighted by Crippen LogP contribution is -2.17. The second-order valence-electron chi connectivity index (χ2n) is 3.99. The van der Waals surface area contributed by atoms with Gasteiger partial charge in [0.25, 0.3) is 0 Å². The molecule has 5 heteroatoms. The third kappa shape index (κ3) is 3.54. The van der Waals surface area contributed by atoms with Gasteiger partial charge in [-0.05, 0) is 46.6 Å². The third-order valence-electron chi connectivity index (χ3n) is 2.65. The van der Waals surface area contributed by atoms with Gasteiger partial charge in [-0.2, -0.15) is 0 Å². The zero-order chi connectivity index (χ0) is 13.1. The normalized spacial score (nSPS) is 12.7. The van der Waals surface area contributed by atoms with Crippen molar-refractivity contribution in [1.29, 1.82) is 0 Å². The van der Waals surface area contributed by atoms with E-state index in [-0.39, 0.29) is 11.9 Å². The lowest BCUT2D eigenvalue weighted by atomic mass is 10.1. The SMILES string of the molecule is CC(NCc1cc(Br)c(Cl)s1)c1ccc(F)cc1. The first-order valence-corrected chi connectivity index (χ1v) is 7.47. The fraction of sp³-hybridized carbons (Fsp3) is 0.231. The van der Waals surface area contributed by atoms with Crippen molar-refractivity contribution in [1.82, 2.24) is 5.32 Å². The lowest BCUT2D eigenvalue weighted by molar-refractivity contribution is 0.575. The van der Waals surface area contributed by atoms with E-state index in [4.69, 9.17) is 11.6 Å². The van der Waals surface area contributed by atoms with Crippen LogP contribution in [0.25, 0.3) is 0 Å². The van der Waals surface area contributed by atoms with Gasteiger partial charge in [0.15, 0.2) is 0 Å². The molecular weight excluding hydrogens is 337 g/mol. The fourth-order valence-electron chi connectivity index (χ4n) is 1.60. The third-order valence-corrected chi connectivity index (χ3v) is 5.12. The Morgan fingerprint density at radius 1 is 1.39 bits per heavy atom. The van der Waals surface area contributed by atoms with Crippen LogP contribution in [0.15, 0.2) is 34.8 Å². The van der Waals surface area contributed by atoms with E-state index in [0.29, 0.717) is 0 Å². The number of rotatable bonds is 4. The summed E-state index contributed by atoms with van der Waals surface area (Å²) < 4.78 is 14.5. The van der Waals surface area contributed by atoms with Gasteiger partial charge in [-0.15, -0.1) is 11.3 Å². The first-order chi connectivity index (χ1) is 8.56. The number of hydrogen-bond acceptors (Lipinski definition) is 2. The Bertz CT molecular complexity index is 507. The molecular formula is C13H12BrClFNS. The highest BCUT2D eigenvalue weighted by Crippen LogP contribution is 2.32. The Balaban J connectivity index is 1.95. The average Bonchev–Trinajstić information content (AvgIpc) is 2.67. The molecule has 1 aromatic carbocycles. The molecule has 96 valence electrons. The Morgan fingerprint density at radius 2 is 2.06 bits per heavy atom. The van der Waals surface area contributed by atoms with Crippen molar-refractivity contribution >= 4 is 38.9 Å². The van der Waals surface area contributed by atoms with E-state index >= 15 is 0 Å². The maximum absolute atomic E-state index is 12.8. The summed E-state index contributed by atoms with van der Waals surface area (Å²) in [6, 6.07) is 8.73. The van der Waals surface area contributed by atoms with E-state index in [1.54, 1.807) is 23.5 Å². The molecule has 0 aliphatic rings. The quantitative estimate of drug-likeness (QED) is 0.805. The molecule has 1 nitrogen and oxygen atoms in total. The van der Waals surface area contributed by atoms with Crippen LogP contribution in [0.5, 0.6) is 0 Å². The molecule has 0 fully saturated rings. The summed E-state index contributed by atoms with van der Waals surface area (Å²) in [4.78, 5) is 1.17. The van der Waals surface area contributed by atoms with Gasteiger partial charge < -0.3 is 5.32 Å². The number of halogens is 3. The Morgan fingerprint density at radius 3 is 2.61 bits per heavy atom. The second kappa shape index (κ2) is 6.15. The molecule has 2 rings (SSSR count). The average molecular weight is 349 g/mol. The molecule has 0 bridgehead atoms. The van der Waals surface area contributed by atoms with Crippen LogP contribution in [-0.4, -0.2) is 0 Å². The zero-order valence-corrected chi connectivity index (χ0v) is 12.9. The van der Waals surface area contributed by atoms with Crippen molar-refractivity contribution < 1.29 is 4.39 Å². The Kier molecular flexibility index (Phi) is 4.78. The van der Waals surface area contributed by atoms with Crippen molar-refractivity contribution in [2.45, 2.75) is 19.5 Å². The highest BCUT2D eigenvalue weighted by atomic mass is 79.9. The van der Waals surface area contributed by atoms with Crippen LogP contribution in [-0.2, 0) is 6.54 Å². The topological polar surface area (TPSA) is 12.0 Å². The van der Waals surface area contributed by atoms with E-state index in [0.717, 1.165) is 20.9 Å². The summed E-state index contributed by atoms with van der Waals surface area (Å²) >= 11 is 10.9. The van der Waals surface area contributed by atoms with Crippen LogP contribution in [0.4, 0.5) is 4.39 Å². The number of benzene rings is 1. The smallest absolute Gasteiger partial charge is 0.123 e. The van der Waals surface area contributed by atoms with Crippen LogP contribution in [0.2, 0.25) is 4.34 Å². The molecule has 1 heterocycles. The van der Waals surface area contributed by atoms with Crippen LogP contribution in [0, 0.1) is 5.82 Å². The molecule has 1 atom stereocenters. The molecule has 1 unspecified atom stereocenters. The highest BCUT2D eigenvalue weighted by molar-refractivity contribution is 9.10. The Labute approximate surface area is 123 Å². The lowest BCUT2D eigenvalue weighted by Gasteiger charge is -2.13. The van der Waals surface area contributed by atoms with Gasteiger partial charge in [-0.3, -0.25) is 0 Å².